The van der Waals surface area contributed by atoms with Crippen LogP contribution in [0.1, 0.15) is 5.69 Å². The van der Waals surface area contributed by atoms with Crippen molar-refractivity contribution in [3.63, 3.8) is 0 Å². The molecule has 0 radical (unpaired) electrons. The molecule has 9 aromatic rings. The van der Waals surface area contributed by atoms with Crippen LogP contribution in [0, 0.1) is 6.92 Å². The quantitative estimate of drug-likeness (QED) is 0.157. The first-order valence-electron chi connectivity index (χ1n) is 18.3. The summed E-state index contributed by atoms with van der Waals surface area (Å²) in [5, 5.41) is 0. The normalized spacial score (nSPS) is 11.0. The van der Waals surface area contributed by atoms with E-state index in [0.717, 1.165) is 61.3 Å². The number of rotatable bonds is 8. The largest absolute Gasteiger partial charge is 0.237 e. The number of benzene rings is 7. The summed E-state index contributed by atoms with van der Waals surface area (Å²) >= 11 is 0. The highest BCUT2D eigenvalue weighted by molar-refractivity contribution is 5.83. The van der Waals surface area contributed by atoms with Crippen LogP contribution in [0.2, 0.25) is 0 Å². The van der Waals surface area contributed by atoms with Crippen molar-refractivity contribution < 1.29 is 0 Å². The highest BCUT2D eigenvalue weighted by atomic mass is 15.0. The molecule has 0 saturated carbocycles. The Hall–Kier alpha value is -7.37. The first kappa shape index (κ1) is 33.5. The third-order valence-electron chi connectivity index (χ3n) is 9.66. The fourth-order valence-electron chi connectivity index (χ4n) is 6.81. The fraction of sp³-hybridized carbons (Fsp3) is 0.0200. The smallest absolute Gasteiger partial charge is 0.164 e. The van der Waals surface area contributed by atoms with Crippen molar-refractivity contribution in [2.75, 3.05) is 0 Å². The van der Waals surface area contributed by atoms with Crippen LogP contribution < -0.4 is 0 Å². The second-order valence-electron chi connectivity index (χ2n) is 13.5. The Morgan fingerprint density at radius 2 is 0.600 bits per heavy atom. The van der Waals surface area contributed by atoms with Gasteiger partial charge in [0.2, 0.25) is 0 Å². The predicted molar refractivity (Wildman–Crippen MR) is 224 cm³/mol. The number of aryl methyl sites for hydroxylation is 1. The molecular formula is C50H35N5. The van der Waals surface area contributed by atoms with E-state index in [2.05, 4.69) is 125 Å². The molecule has 0 bridgehead atoms. The average molecular weight is 706 g/mol. The summed E-state index contributed by atoms with van der Waals surface area (Å²) in [6.07, 6.45) is 1.79. The molecule has 0 aliphatic heterocycles. The zero-order valence-electron chi connectivity index (χ0n) is 30.2. The van der Waals surface area contributed by atoms with Crippen LogP contribution in [-0.4, -0.2) is 24.9 Å². The minimum Gasteiger partial charge on any atom is -0.237 e. The van der Waals surface area contributed by atoms with Crippen molar-refractivity contribution in [3.05, 3.63) is 200 Å². The van der Waals surface area contributed by atoms with Crippen molar-refractivity contribution >= 4 is 0 Å². The van der Waals surface area contributed by atoms with E-state index in [1.165, 1.54) is 11.1 Å². The Morgan fingerprint density at radius 1 is 0.255 bits per heavy atom. The molecular weight excluding hydrogens is 671 g/mol. The van der Waals surface area contributed by atoms with Gasteiger partial charge in [-0.05, 0) is 87.8 Å². The molecule has 5 nitrogen and oxygen atoms in total. The zero-order valence-corrected chi connectivity index (χ0v) is 30.2. The number of nitrogens with zero attached hydrogens (tertiary/aromatic N) is 5. The van der Waals surface area contributed by atoms with Crippen LogP contribution in [0.5, 0.6) is 0 Å². The Morgan fingerprint density at radius 3 is 1.07 bits per heavy atom. The summed E-state index contributed by atoms with van der Waals surface area (Å²) in [7, 11) is 0. The second-order valence-corrected chi connectivity index (χ2v) is 13.5. The molecule has 9 rings (SSSR count). The van der Waals surface area contributed by atoms with Crippen molar-refractivity contribution in [3.8, 4) is 90.1 Å². The van der Waals surface area contributed by atoms with Gasteiger partial charge in [0, 0.05) is 34.1 Å². The minimum absolute atomic E-state index is 0.588. The summed E-state index contributed by atoms with van der Waals surface area (Å²) in [6, 6.07) is 65.2. The van der Waals surface area contributed by atoms with Crippen molar-refractivity contribution in [1.82, 2.24) is 24.9 Å². The van der Waals surface area contributed by atoms with Gasteiger partial charge < -0.3 is 0 Å². The van der Waals surface area contributed by atoms with Crippen molar-refractivity contribution in [2.24, 2.45) is 0 Å². The SMILES string of the molecule is Cc1ccnc(-c2ccc(-c3nc(-c4ccccc4)nc(-c4cc(-c5cccc(-c6ccccc6)c5)cc(-c5cccc(-c6ccccc6)c5)c4)n3)cc2)n1. The fourth-order valence-corrected chi connectivity index (χ4v) is 6.81. The molecule has 0 atom stereocenters. The molecule has 0 fully saturated rings. The molecule has 260 valence electrons. The second kappa shape index (κ2) is 14.9. The molecule has 0 amide bonds. The van der Waals surface area contributed by atoms with E-state index in [0.29, 0.717) is 23.3 Å². The lowest BCUT2D eigenvalue weighted by molar-refractivity contribution is 1.07. The van der Waals surface area contributed by atoms with E-state index < -0.39 is 0 Å². The van der Waals surface area contributed by atoms with Gasteiger partial charge in [-0.3, -0.25) is 0 Å². The number of hydrogen-bond donors (Lipinski definition) is 0. The molecule has 2 heterocycles. The maximum Gasteiger partial charge on any atom is 0.164 e. The summed E-state index contributed by atoms with van der Waals surface area (Å²) < 4.78 is 0. The van der Waals surface area contributed by atoms with Crippen LogP contribution in [-0.2, 0) is 0 Å². The highest BCUT2D eigenvalue weighted by Gasteiger charge is 2.16. The molecule has 7 aromatic carbocycles. The zero-order chi connectivity index (χ0) is 37.0. The molecule has 0 spiro atoms. The lowest BCUT2D eigenvalue weighted by atomic mass is 9.92. The van der Waals surface area contributed by atoms with Gasteiger partial charge in [0.25, 0.3) is 0 Å². The third kappa shape index (κ3) is 7.32. The molecule has 5 heteroatoms. The third-order valence-corrected chi connectivity index (χ3v) is 9.66. The van der Waals surface area contributed by atoms with Gasteiger partial charge >= 0.3 is 0 Å². The Bertz CT molecular complexity index is 2650. The van der Waals surface area contributed by atoms with Gasteiger partial charge in [0.05, 0.1) is 0 Å². The van der Waals surface area contributed by atoms with Crippen molar-refractivity contribution in [1.29, 1.82) is 0 Å². The lowest BCUT2D eigenvalue weighted by Gasteiger charge is -2.14. The summed E-state index contributed by atoms with van der Waals surface area (Å²) in [4.78, 5) is 24.4. The Labute approximate surface area is 320 Å². The van der Waals surface area contributed by atoms with Crippen LogP contribution in [0.3, 0.4) is 0 Å². The van der Waals surface area contributed by atoms with Crippen LogP contribution in [0.15, 0.2) is 194 Å². The highest BCUT2D eigenvalue weighted by Crippen LogP contribution is 2.36. The molecule has 0 unspecified atom stereocenters. The van der Waals surface area contributed by atoms with Gasteiger partial charge in [0.1, 0.15) is 0 Å². The number of hydrogen-bond acceptors (Lipinski definition) is 5. The summed E-state index contributed by atoms with van der Waals surface area (Å²) in [5.41, 5.74) is 13.5. The first-order valence-corrected chi connectivity index (χ1v) is 18.3. The van der Waals surface area contributed by atoms with Gasteiger partial charge in [-0.2, -0.15) is 0 Å². The van der Waals surface area contributed by atoms with Crippen LogP contribution in [0.25, 0.3) is 90.1 Å². The van der Waals surface area contributed by atoms with E-state index in [1.807, 2.05) is 79.7 Å². The van der Waals surface area contributed by atoms with E-state index >= 15 is 0 Å². The van der Waals surface area contributed by atoms with Crippen molar-refractivity contribution in [2.45, 2.75) is 6.92 Å². The van der Waals surface area contributed by atoms with Gasteiger partial charge in [-0.15, -0.1) is 0 Å². The van der Waals surface area contributed by atoms with E-state index in [9.17, 15) is 0 Å². The molecule has 55 heavy (non-hydrogen) atoms. The maximum absolute atomic E-state index is 5.16. The van der Waals surface area contributed by atoms with Gasteiger partial charge in [0.15, 0.2) is 23.3 Å². The average Bonchev–Trinajstić information content (AvgIpc) is 3.27. The van der Waals surface area contributed by atoms with E-state index in [-0.39, 0.29) is 0 Å². The summed E-state index contributed by atoms with van der Waals surface area (Å²) in [6.45, 7) is 1.97. The van der Waals surface area contributed by atoms with Crippen LogP contribution in [0.4, 0.5) is 0 Å². The molecule has 2 aromatic heterocycles. The monoisotopic (exact) mass is 705 g/mol. The minimum atomic E-state index is 0.588. The number of aromatic nitrogens is 5. The molecule has 0 aliphatic carbocycles. The molecule has 0 aliphatic rings. The Kier molecular flexibility index (Phi) is 9.09. The predicted octanol–water partition coefficient (Wildman–Crippen LogP) is 12.3. The van der Waals surface area contributed by atoms with Gasteiger partial charge in [-0.1, -0.05) is 152 Å². The topological polar surface area (TPSA) is 64.5 Å². The summed E-state index contributed by atoms with van der Waals surface area (Å²) in [5.74, 6) is 2.47. The van der Waals surface area contributed by atoms with Gasteiger partial charge in [-0.25, -0.2) is 24.9 Å². The van der Waals surface area contributed by atoms with E-state index in [4.69, 9.17) is 15.0 Å². The standard InChI is InChI=1S/C50H35N5/c1-34-27-28-51-47(52-34)38-23-25-39(26-24-38)49-53-48(37-17-9-4-10-18-37)54-50(55-49)46-32-44(42-21-11-19-40(29-42)35-13-5-2-6-14-35)31-45(33-46)43-22-12-20-41(30-43)36-15-7-3-8-16-36/h2-33H,1H3. The lowest BCUT2D eigenvalue weighted by Crippen LogP contribution is -2.01. The molecule has 0 saturated heterocycles. The van der Waals surface area contributed by atoms with E-state index in [1.54, 1.807) is 6.20 Å². The Balaban J connectivity index is 1.21. The maximum atomic E-state index is 5.16. The first-order chi connectivity index (χ1) is 27.1. The van der Waals surface area contributed by atoms with Crippen LogP contribution >= 0.6 is 0 Å². The molecule has 0 N–H and O–H groups in total.